The number of fused-ring (bicyclic) bond motifs is 1. The van der Waals surface area contributed by atoms with E-state index in [0.29, 0.717) is 11.3 Å². The monoisotopic (exact) mass is 271 g/mol. The van der Waals surface area contributed by atoms with Crippen LogP contribution in [-0.2, 0) is 0 Å². The minimum absolute atomic E-state index is 0.124. The van der Waals surface area contributed by atoms with Crippen LogP contribution in [0.25, 0.3) is 21.9 Å². The number of hydrogen-bond donors (Lipinski definition) is 1. The third-order valence-corrected chi connectivity index (χ3v) is 3.49. The van der Waals surface area contributed by atoms with Gasteiger partial charge in [0.25, 0.3) is 0 Å². The molecule has 94 valence electrons. The highest BCUT2D eigenvalue weighted by Gasteiger charge is 2.11. The molecular formula is C16H11ClFN. The van der Waals surface area contributed by atoms with Crippen LogP contribution in [0, 0.1) is 5.82 Å². The van der Waals surface area contributed by atoms with Crippen molar-refractivity contribution in [3.8, 4) is 11.1 Å². The molecule has 0 amide bonds. The van der Waals surface area contributed by atoms with E-state index in [-0.39, 0.29) is 5.02 Å². The van der Waals surface area contributed by atoms with Gasteiger partial charge in [0.1, 0.15) is 5.82 Å². The van der Waals surface area contributed by atoms with E-state index in [4.69, 9.17) is 17.3 Å². The maximum atomic E-state index is 14.2. The number of nitrogen functional groups attached to an aromatic ring is 1. The van der Waals surface area contributed by atoms with E-state index in [0.717, 1.165) is 16.3 Å². The molecule has 0 spiro atoms. The topological polar surface area (TPSA) is 26.0 Å². The van der Waals surface area contributed by atoms with Crippen LogP contribution in [-0.4, -0.2) is 0 Å². The molecule has 0 aliphatic rings. The van der Waals surface area contributed by atoms with E-state index in [2.05, 4.69) is 0 Å². The third kappa shape index (κ3) is 1.94. The molecule has 0 saturated carbocycles. The molecule has 0 aliphatic carbocycles. The minimum Gasteiger partial charge on any atom is -0.398 e. The predicted molar refractivity (Wildman–Crippen MR) is 78.8 cm³/mol. The molecule has 0 bridgehead atoms. The highest BCUT2D eigenvalue weighted by atomic mass is 35.5. The zero-order chi connectivity index (χ0) is 13.4. The summed E-state index contributed by atoms with van der Waals surface area (Å²) in [4.78, 5) is 0. The van der Waals surface area contributed by atoms with Crippen LogP contribution < -0.4 is 5.73 Å². The van der Waals surface area contributed by atoms with E-state index >= 15 is 0 Å². The summed E-state index contributed by atoms with van der Waals surface area (Å²) in [7, 11) is 0. The Morgan fingerprint density at radius 2 is 1.42 bits per heavy atom. The number of benzene rings is 3. The van der Waals surface area contributed by atoms with Crippen molar-refractivity contribution >= 4 is 28.1 Å². The fourth-order valence-electron chi connectivity index (χ4n) is 2.28. The lowest BCUT2D eigenvalue weighted by atomic mass is 9.97. The second kappa shape index (κ2) is 4.56. The van der Waals surface area contributed by atoms with Gasteiger partial charge in [-0.1, -0.05) is 54.1 Å². The van der Waals surface area contributed by atoms with E-state index in [1.807, 2.05) is 36.4 Å². The first kappa shape index (κ1) is 12.0. The van der Waals surface area contributed by atoms with Gasteiger partial charge in [0, 0.05) is 16.6 Å². The van der Waals surface area contributed by atoms with Gasteiger partial charge in [0.2, 0.25) is 0 Å². The Kier molecular flexibility index (Phi) is 2.88. The molecule has 0 radical (unpaired) electrons. The van der Waals surface area contributed by atoms with Gasteiger partial charge in [0.15, 0.2) is 0 Å². The molecule has 0 aromatic heterocycles. The van der Waals surface area contributed by atoms with Gasteiger partial charge >= 0.3 is 0 Å². The summed E-state index contributed by atoms with van der Waals surface area (Å²) in [5.74, 6) is -0.404. The minimum atomic E-state index is -0.404. The van der Waals surface area contributed by atoms with E-state index in [1.54, 1.807) is 18.2 Å². The molecular weight excluding hydrogens is 261 g/mol. The maximum absolute atomic E-state index is 14.2. The van der Waals surface area contributed by atoms with Gasteiger partial charge < -0.3 is 5.73 Å². The largest absolute Gasteiger partial charge is 0.398 e. The quantitative estimate of drug-likeness (QED) is 0.627. The zero-order valence-corrected chi connectivity index (χ0v) is 10.8. The fraction of sp³-hybridized carbons (Fsp3) is 0. The number of rotatable bonds is 1. The molecule has 0 heterocycles. The lowest BCUT2D eigenvalue weighted by molar-refractivity contribution is 0.632. The summed E-state index contributed by atoms with van der Waals surface area (Å²) in [6.07, 6.45) is 0. The Labute approximate surface area is 115 Å². The van der Waals surface area contributed by atoms with Crippen molar-refractivity contribution in [2.45, 2.75) is 0 Å². The summed E-state index contributed by atoms with van der Waals surface area (Å²) in [6, 6.07) is 16.3. The molecule has 0 fully saturated rings. The van der Waals surface area contributed by atoms with Crippen molar-refractivity contribution in [3.63, 3.8) is 0 Å². The average Bonchev–Trinajstić information content (AvgIpc) is 2.42. The van der Waals surface area contributed by atoms with Crippen LogP contribution in [0.5, 0.6) is 0 Å². The van der Waals surface area contributed by atoms with Crippen LogP contribution in [0.15, 0.2) is 54.6 Å². The molecule has 19 heavy (non-hydrogen) atoms. The number of hydrogen-bond acceptors (Lipinski definition) is 1. The van der Waals surface area contributed by atoms with Crippen molar-refractivity contribution in [2.75, 3.05) is 5.73 Å². The Hall–Kier alpha value is -2.06. The summed E-state index contributed by atoms with van der Waals surface area (Å²) >= 11 is 5.85. The van der Waals surface area contributed by atoms with Gasteiger partial charge in [-0.3, -0.25) is 0 Å². The molecule has 0 aliphatic heterocycles. The van der Waals surface area contributed by atoms with Crippen LogP contribution >= 0.6 is 11.6 Å². The Bertz CT molecular complexity index is 768. The SMILES string of the molecule is Nc1cccc2c(-c3cccc(Cl)c3F)cccc12. The molecule has 3 aromatic carbocycles. The highest BCUT2D eigenvalue weighted by Crippen LogP contribution is 2.34. The molecule has 3 heteroatoms. The number of anilines is 1. The first-order chi connectivity index (χ1) is 9.18. The van der Waals surface area contributed by atoms with Crippen LogP contribution in [0.3, 0.4) is 0 Å². The summed E-state index contributed by atoms with van der Waals surface area (Å²) < 4.78 is 14.2. The van der Waals surface area contributed by atoms with Crippen molar-refractivity contribution in [1.29, 1.82) is 0 Å². The van der Waals surface area contributed by atoms with Crippen molar-refractivity contribution in [2.24, 2.45) is 0 Å². The lowest BCUT2D eigenvalue weighted by Crippen LogP contribution is -1.90. The molecule has 0 saturated heterocycles. The van der Waals surface area contributed by atoms with Crippen molar-refractivity contribution < 1.29 is 4.39 Å². The van der Waals surface area contributed by atoms with Crippen LogP contribution in [0.2, 0.25) is 5.02 Å². The lowest BCUT2D eigenvalue weighted by Gasteiger charge is -2.10. The first-order valence-electron chi connectivity index (χ1n) is 5.90. The maximum Gasteiger partial charge on any atom is 0.149 e. The van der Waals surface area contributed by atoms with Gasteiger partial charge in [-0.15, -0.1) is 0 Å². The molecule has 3 rings (SSSR count). The second-order valence-electron chi connectivity index (χ2n) is 4.35. The number of halogens is 2. The molecule has 0 unspecified atom stereocenters. The second-order valence-corrected chi connectivity index (χ2v) is 4.76. The number of nitrogens with two attached hydrogens (primary N) is 1. The van der Waals surface area contributed by atoms with Crippen molar-refractivity contribution in [3.05, 3.63) is 65.4 Å². The van der Waals surface area contributed by atoms with E-state index < -0.39 is 5.82 Å². The normalized spacial score (nSPS) is 10.8. The average molecular weight is 272 g/mol. The van der Waals surface area contributed by atoms with Crippen LogP contribution in [0.1, 0.15) is 0 Å². The molecule has 2 N–H and O–H groups in total. The fourth-order valence-corrected chi connectivity index (χ4v) is 2.46. The van der Waals surface area contributed by atoms with Crippen molar-refractivity contribution in [1.82, 2.24) is 0 Å². The van der Waals surface area contributed by atoms with E-state index in [9.17, 15) is 4.39 Å². The summed E-state index contributed by atoms with van der Waals surface area (Å²) in [5, 5.41) is 1.96. The van der Waals surface area contributed by atoms with Gasteiger partial charge in [-0.2, -0.15) is 0 Å². The van der Waals surface area contributed by atoms with Crippen LogP contribution in [0.4, 0.5) is 10.1 Å². The summed E-state index contributed by atoms with van der Waals surface area (Å²) in [6.45, 7) is 0. The molecule has 0 atom stereocenters. The predicted octanol–water partition coefficient (Wildman–Crippen LogP) is 4.88. The molecule has 3 aromatic rings. The Morgan fingerprint density at radius 3 is 2.26 bits per heavy atom. The first-order valence-corrected chi connectivity index (χ1v) is 6.28. The Morgan fingerprint density at radius 1 is 0.789 bits per heavy atom. The zero-order valence-electron chi connectivity index (χ0n) is 10.0. The molecule has 1 nitrogen and oxygen atoms in total. The summed E-state index contributed by atoms with van der Waals surface area (Å²) in [5.41, 5.74) is 7.92. The Balaban J connectivity index is 2.37. The van der Waals surface area contributed by atoms with Gasteiger partial charge in [0.05, 0.1) is 5.02 Å². The highest BCUT2D eigenvalue weighted by molar-refractivity contribution is 6.31. The van der Waals surface area contributed by atoms with E-state index in [1.165, 1.54) is 0 Å². The third-order valence-electron chi connectivity index (χ3n) is 3.20. The standard InChI is InChI=1S/C16H11ClFN/c17-14-8-2-7-13(16(14)18)11-4-1-6-12-10(11)5-3-9-15(12)19/h1-9H,19H2. The smallest absolute Gasteiger partial charge is 0.149 e. The van der Waals surface area contributed by atoms with Gasteiger partial charge in [-0.05, 0) is 23.1 Å². The van der Waals surface area contributed by atoms with Gasteiger partial charge in [-0.25, -0.2) is 4.39 Å².